The van der Waals surface area contributed by atoms with Gasteiger partial charge < -0.3 is 18.3 Å². The lowest BCUT2D eigenvalue weighted by atomic mass is 10.0. The predicted octanol–water partition coefficient (Wildman–Crippen LogP) is 10.1. The van der Waals surface area contributed by atoms with Gasteiger partial charge in [0.1, 0.15) is 12.1 Å². The maximum absolute atomic E-state index is 10.3. The van der Waals surface area contributed by atoms with Crippen molar-refractivity contribution < 1.29 is 0 Å². The maximum atomic E-state index is 10.3. The number of aryl methyl sites for hydroxylation is 4. The summed E-state index contributed by atoms with van der Waals surface area (Å²) in [5.74, 6) is 0. The summed E-state index contributed by atoms with van der Waals surface area (Å²) in [6, 6.07) is 39.0. The van der Waals surface area contributed by atoms with Crippen LogP contribution in [0.4, 0.5) is 0 Å². The molecule has 0 spiro atoms. The average Bonchev–Trinajstić information content (AvgIpc) is 4.04. The van der Waals surface area contributed by atoms with E-state index in [0.717, 1.165) is 95.8 Å². The van der Waals surface area contributed by atoms with Gasteiger partial charge in [-0.25, -0.2) is 9.97 Å². The highest BCUT2D eigenvalue weighted by Crippen LogP contribution is 2.39. The molecule has 0 bridgehead atoms. The second kappa shape index (κ2) is 14.3. The average molecular weight is 703 g/mol. The van der Waals surface area contributed by atoms with Gasteiger partial charge in [0.2, 0.25) is 0 Å². The summed E-state index contributed by atoms with van der Waals surface area (Å²) < 4.78 is 8.81. The van der Waals surface area contributed by atoms with Crippen LogP contribution in [-0.4, -0.2) is 28.2 Å². The molecule has 0 saturated heterocycles. The molecule has 0 aliphatic carbocycles. The fourth-order valence-corrected chi connectivity index (χ4v) is 8.08. The summed E-state index contributed by atoms with van der Waals surface area (Å²) in [6.07, 6.45) is 17.7. The van der Waals surface area contributed by atoms with Crippen molar-refractivity contribution in [2.75, 3.05) is 0 Å². The molecule has 0 aliphatic heterocycles. The molecule has 8 nitrogen and oxygen atoms in total. The van der Waals surface area contributed by atoms with E-state index in [1.54, 1.807) is 0 Å². The van der Waals surface area contributed by atoms with E-state index in [9.17, 15) is 10.5 Å². The van der Waals surface area contributed by atoms with Crippen molar-refractivity contribution in [2.45, 2.75) is 51.6 Å². The Kier molecular flexibility index (Phi) is 8.70. The highest BCUT2D eigenvalue weighted by molar-refractivity contribution is 6.11. The predicted molar refractivity (Wildman–Crippen MR) is 215 cm³/mol. The lowest BCUT2D eigenvalue weighted by molar-refractivity contribution is 0.609. The Hall–Kier alpha value is -6.90. The Morgan fingerprint density at radius 1 is 0.481 bits per heavy atom. The van der Waals surface area contributed by atoms with Gasteiger partial charge in [-0.2, -0.15) is 10.5 Å². The van der Waals surface area contributed by atoms with E-state index < -0.39 is 0 Å². The summed E-state index contributed by atoms with van der Waals surface area (Å²) in [7, 11) is 0. The van der Waals surface area contributed by atoms with Crippen LogP contribution in [0.25, 0.3) is 55.0 Å². The van der Waals surface area contributed by atoms with Crippen LogP contribution in [-0.2, 0) is 25.9 Å². The number of para-hydroxylation sites is 2. The van der Waals surface area contributed by atoms with Gasteiger partial charge in [-0.3, -0.25) is 0 Å². The van der Waals surface area contributed by atoms with E-state index in [1.807, 2.05) is 49.6 Å². The van der Waals surface area contributed by atoms with Crippen LogP contribution < -0.4 is 0 Å². The summed E-state index contributed by atoms with van der Waals surface area (Å²) >= 11 is 0. The topological polar surface area (TPSA) is 93.1 Å². The number of imidazole rings is 2. The summed E-state index contributed by atoms with van der Waals surface area (Å²) in [5.41, 5.74) is 9.26. The third-order valence-electron chi connectivity index (χ3n) is 10.7. The van der Waals surface area contributed by atoms with Crippen LogP contribution in [0.15, 0.2) is 135 Å². The molecule has 0 atom stereocenters. The molecule has 0 saturated carbocycles. The molecular weight excluding hydrogens is 665 g/mol. The molecule has 54 heavy (non-hydrogen) atoms. The van der Waals surface area contributed by atoms with Crippen molar-refractivity contribution in [3.63, 3.8) is 0 Å². The number of nitriles is 2. The van der Waals surface area contributed by atoms with E-state index in [2.05, 4.69) is 125 Å². The third kappa shape index (κ3) is 5.98. The van der Waals surface area contributed by atoms with Crippen LogP contribution in [0.5, 0.6) is 0 Å². The van der Waals surface area contributed by atoms with Gasteiger partial charge in [0.25, 0.3) is 0 Å². The Labute approximate surface area is 313 Å². The molecule has 0 radical (unpaired) electrons. The number of benzene rings is 5. The van der Waals surface area contributed by atoms with Gasteiger partial charge >= 0.3 is 0 Å². The van der Waals surface area contributed by atoms with Crippen molar-refractivity contribution >= 4 is 43.6 Å². The molecule has 0 amide bonds. The standard InChI is InChI=1S/C46H38N8/c47-29-35-27-45(53-41-13-3-1-11-37(41)39-25-33(15-17-43(39)53)9-5-7-21-51-23-19-49-31-51)46(28-36(35)30-48)54-42-14-4-2-12-38(42)40-26-34(16-18-44(40)54)10-6-8-22-52-24-20-50-32-52/h1-4,11-20,23-28,31-32H,5-10,21-22H2. The molecule has 9 rings (SSSR count). The molecule has 5 aromatic carbocycles. The van der Waals surface area contributed by atoms with Crippen LogP contribution in [0.2, 0.25) is 0 Å². The zero-order valence-corrected chi connectivity index (χ0v) is 29.9. The number of unbranched alkanes of at least 4 members (excludes halogenated alkanes) is 2. The van der Waals surface area contributed by atoms with Crippen LogP contribution in [0.3, 0.4) is 0 Å². The second-order valence-electron chi connectivity index (χ2n) is 14.0. The lowest BCUT2D eigenvalue weighted by Crippen LogP contribution is -2.05. The Balaban J connectivity index is 1.16. The van der Waals surface area contributed by atoms with Crippen molar-refractivity contribution in [2.24, 2.45) is 0 Å². The number of fused-ring (bicyclic) bond motifs is 6. The minimum atomic E-state index is 0.357. The van der Waals surface area contributed by atoms with Crippen molar-refractivity contribution in [3.05, 3.63) is 157 Å². The molecular formula is C46H38N8. The summed E-state index contributed by atoms with van der Waals surface area (Å²) in [4.78, 5) is 8.34. The van der Waals surface area contributed by atoms with Crippen LogP contribution in [0.1, 0.15) is 47.9 Å². The fraction of sp³-hybridized carbons (Fsp3) is 0.174. The van der Waals surface area contributed by atoms with Crippen LogP contribution in [0, 0.1) is 22.7 Å². The number of aromatic nitrogens is 6. The maximum Gasteiger partial charge on any atom is 0.101 e. The fourth-order valence-electron chi connectivity index (χ4n) is 8.08. The first-order valence-corrected chi connectivity index (χ1v) is 18.6. The molecule has 8 heteroatoms. The van der Waals surface area contributed by atoms with Gasteiger partial charge in [0, 0.05) is 59.4 Å². The van der Waals surface area contributed by atoms with E-state index in [0.29, 0.717) is 11.1 Å². The molecule has 262 valence electrons. The first-order chi connectivity index (χ1) is 26.7. The first-order valence-electron chi connectivity index (χ1n) is 18.6. The molecule has 0 N–H and O–H groups in total. The first kappa shape index (κ1) is 33.0. The van der Waals surface area contributed by atoms with Crippen molar-refractivity contribution in [1.29, 1.82) is 10.5 Å². The van der Waals surface area contributed by atoms with Gasteiger partial charge in [-0.1, -0.05) is 48.5 Å². The van der Waals surface area contributed by atoms with Gasteiger partial charge in [-0.15, -0.1) is 0 Å². The highest BCUT2D eigenvalue weighted by Gasteiger charge is 2.22. The molecule has 0 unspecified atom stereocenters. The molecule has 0 aliphatic rings. The Morgan fingerprint density at radius 2 is 0.926 bits per heavy atom. The van der Waals surface area contributed by atoms with Crippen molar-refractivity contribution in [1.82, 2.24) is 28.2 Å². The van der Waals surface area contributed by atoms with E-state index in [-0.39, 0.29) is 0 Å². The monoisotopic (exact) mass is 702 g/mol. The van der Waals surface area contributed by atoms with Crippen molar-refractivity contribution in [3.8, 4) is 23.5 Å². The number of hydrogen-bond donors (Lipinski definition) is 0. The zero-order valence-electron chi connectivity index (χ0n) is 29.9. The summed E-state index contributed by atoms with van der Waals surface area (Å²) in [6.45, 7) is 1.92. The zero-order chi connectivity index (χ0) is 36.4. The van der Waals surface area contributed by atoms with Gasteiger partial charge in [0.15, 0.2) is 0 Å². The Bertz CT molecular complexity index is 2660. The molecule has 4 heterocycles. The number of nitrogens with zero attached hydrogens (tertiary/aromatic N) is 8. The Morgan fingerprint density at radius 3 is 1.35 bits per heavy atom. The SMILES string of the molecule is N#Cc1cc(-n2c3ccccc3c3cc(CCCCn4ccnc4)ccc32)c(-n2c3ccccc3c3cc(CCCCn4ccnc4)ccc32)cc1C#N. The molecule has 0 fully saturated rings. The van der Waals surface area contributed by atoms with E-state index in [4.69, 9.17) is 0 Å². The minimum Gasteiger partial charge on any atom is -0.337 e. The van der Waals surface area contributed by atoms with Gasteiger partial charge in [-0.05, 0) is 98.2 Å². The lowest BCUT2D eigenvalue weighted by Gasteiger charge is -2.18. The molecule has 9 aromatic rings. The van der Waals surface area contributed by atoms with Crippen LogP contribution >= 0.6 is 0 Å². The summed E-state index contributed by atoms with van der Waals surface area (Å²) in [5, 5.41) is 25.3. The minimum absolute atomic E-state index is 0.357. The highest BCUT2D eigenvalue weighted by atomic mass is 15.1. The molecule has 4 aromatic heterocycles. The second-order valence-corrected chi connectivity index (χ2v) is 14.0. The normalized spacial score (nSPS) is 11.5. The smallest absolute Gasteiger partial charge is 0.101 e. The third-order valence-corrected chi connectivity index (χ3v) is 10.7. The van der Waals surface area contributed by atoms with E-state index in [1.165, 1.54) is 21.9 Å². The largest absolute Gasteiger partial charge is 0.337 e. The van der Waals surface area contributed by atoms with Gasteiger partial charge in [0.05, 0.1) is 57.2 Å². The van der Waals surface area contributed by atoms with E-state index >= 15 is 0 Å². The number of rotatable bonds is 12. The number of hydrogen-bond acceptors (Lipinski definition) is 4. The quantitative estimate of drug-likeness (QED) is 0.119.